The monoisotopic (exact) mass is 1000 g/mol. The summed E-state index contributed by atoms with van der Waals surface area (Å²) in [6, 6.07) is 9.49. The SMILES string of the molecule is COC(=O)NC(C(=O)N1[C@H](C)[C@H](C)C[C@H]1c1ncc(-c2ccc3c(c2)cc2n3C(c3cnc(C4CCC4)s3)Oc3cc(-c4cnc([C@@H]5CCCN5C(=O)[C@@H](NC(=O)OC)C(C)C)[nH]4)cc(C)c3-2)[nH]1)C(C)(C)F. The van der Waals surface area contributed by atoms with Crippen LogP contribution in [0.25, 0.3) is 44.7 Å². The van der Waals surface area contributed by atoms with Crippen molar-refractivity contribution in [3.05, 3.63) is 82.1 Å². The highest BCUT2D eigenvalue weighted by atomic mass is 32.1. The van der Waals surface area contributed by atoms with Gasteiger partial charge < -0.3 is 44.6 Å². The molecule has 380 valence electrons. The summed E-state index contributed by atoms with van der Waals surface area (Å²) in [6.07, 6.45) is 9.14. The first-order valence-electron chi connectivity index (χ1n) is 25.0. The minimum atomic E-state index is -2.07. The van der Waals surface area contributed by atoms with Crippen molar-refractivity contribution in [2.45, 2.75) is 135 Å². The summed E-state index contributed by atoms with van der Waals surface area (Å²) in [5.41, 5.74) is 5.22. The number of nitrogens with one attached hydrogen (secondary N) is 4. The second kappa shape index (κ2) is 19.0. The van der Waals surface area contributed by atoms with Crippen LogP contribution in [-0.2, 0) is 19.1 Å². The van der Waals surface area contributed by atoms with E-state index in [9.17, 15) is 19.2 Å². The van der Waals surface area contributed by atoms with Crippen molar-refractivity contribution in [3.8, 4) is 39.5 Å². The number of carbonyl (C=O) groups is 4. The summed E-state index contributed by atoms with van der Waals surface area (Å²) in [4.78, 5) is 78.6. The average Bonchev–Trinajstić information content (AvgIpc) is 4.20. The maximum Gasteiger partial charge on any atom is 0.407 e. The normalized spacial score (nSPS) is 21.7. The number of halogens is 1. The van der Waals surface area contributed by atoms with Crippen LogP contribution in [0, 0.1) is 18.8 Å². The zero-order valence-electron chi connectivity index (χ0n) is 42.2. The van der Waals surface area contributed by atoms with Crippen molar-refractivity contribution in [3.63, 3.8) is 0 Å². The Hall–Kier alpha value is -6.76. The number of nitrogens with zero attached hydrogens (tertiary/aromatic N) is 6. The Kier molecular flexibility index (Phi) is 12.9. The van der Waals surface area contributed by atoms with E-state index in [2.05, 4.69) is 75.4 Å². The van der Waals surface area contributed by atoms with Crippen molar-refractivity contribution >= 4 is 46.2 Å². The lowest BCUT2D eigenvalue weighted by molar-refractivity contribution is -0.140. The van der Waals surface area contributed by atoms with Crippen LogP contribution in [0.15, 0.2) is 55.0 Å². The number of methoxy groups -OCH3 is 2. The molecule has 7 heterocycles. The molecule has 1 saturated carbocycles. The third kappa shape index (κ3) is 8.76. The van der Waals surface area contributed by atoms with Gasteiger partial charge in [-0.25, -0.2) is 28.9 Å². The fraction of sp³-hybridized carbons (Fsp3) is 0.491. The molecule has 2 saturated heterocycles. The van der Waals surface area contributed by atoms with Gasteiger partial charge in [0, 0.05) is 46.8 Å². The van der Waals surface area contributed by atoms with Gasteiger partial charge in [-0.1, -0.05) is 33.3 Å². The maximum absolute atomic E-state index is 15.6. The van der Waals surface area contributed by atoms with E-state index in [1.54, 1.807) is 22.4 Å². The van der Waals surface area contributed by atoms with Gasteiger partial charge in [0.25, 0.3) is 0 Å². The number of carbonyl (C=O) groups excluding carboxylic acids is 4. The number of amides is 4. The van der Waals surface area contributed by atoms with E-state index < -0.39 is 48.1 Å². The lowest BCUT2D eigenvalue weighted by Crippen LogP contribution is -2.58. The van der Waals surface area contributed by atoms with E-state index >= 15 is 4.39 Å². The molecule has 0 bridgehead atoms. The van der Waals surface area contributed by atoms with Crippen molar-refractivity contribution in [2.24, 2.45) is 11.8 Å². The van der Waals surface area contributed by atoms with Crippen molar-refractivity contribution in [1.82, 2.24) is 49.9 Å². The molecule has 10 rings (SSSR count). The second-order valence-electron chi connectivity index (χ2n) is 20.8. The minimum Gasteiger partial charge on any atom is -0.464 e. The Morgan fingerprint density at radius 2 is 1.56 bits per heavy atom. The molecule has 17 nitrogen and oxygen atoms in total. The summed E-state index contributed by atoms with van der Waals surface area (Å²) in [6.45, 7) is 13.0. The van der Waals surface area contributed by atoms with Gasteiger partial charge >= 0.3 is 12.2 Å². The number of fused-ring (bicyclic) bond motifs is 5. The first-order valence-corrected chi connectivity index (χ1v) is 25.8. The standard InChI is InChI=1S/C53H63FN10O7S/c1-26(2)43(60-51(67)69-8)48(65)62-17-11-14-37(62)45-55-24-35(59-45)32-18-28(4)42-38-21-33-20-31(15-16-36(33)64(38)50(71-40(42)22-32)41-25-57-47(72-41)30-12-10-13-30)34-23-56-46(58-34)39-19-27(3)29(5)63(39)49(66)44(53(6,7)54)61-52(68)70-9/h15-16,18,20-27,29-30,37,39,43-44,50H,10-14,17,19H2,1-9H3,(H,55,59)(H,56,58)(H,60,67)(H,61,68)/t27-,29-,37+,39+,43+,44?,50?/m1/s1. The van der Waals surface area contributed by atoms with E-state index in [-0.39, 0.29) is 29.8 Å². The molecule has 0 spiro atoms. The van der Waals surface area contributed by atoms with Crippen LogP contribution in [0.3, 0.4) is 0 Å². The number of hydrogen-bond donors (Lipinski definition) is 4. The number of imidazole rings is 2. The molecule has 4 aromatic heterocycles. The molecule has 72 heavy (non-hydrogen) atoms. The van der Waals surface area contributed by atoms with Crippen molar-refractivity contribution in [1.29, 1.82) is 0 Å². The molecule has 0 radical (unpaired) electrons. The number of thiazole rings is 1. The summed E-state index contributed by atoms with van der Waals surface area (Å²) >= 11 is 1.71. The molecule has 6 aromatic rings. The van der Waals surface area contributed by atoms with Crippen LogP contribution >= 0.6 is 11.3 Å². The Bertz CT molecular complexity index is 3060. The zero-order chi connectivity index (χ0) is 50.9. The Labute approximate surface area is 421 Å². The lowest BCUT2D eigenvalue weighted by atomic mass is 9.86. The molecule has 4 aliphatic rings. The smallest absolute Gasteiger partial charge is 0.407 e. The molecular weight excluding hydrogens is 940 g/mol. The molecule has 7 atom stereocenters. The molecular formula is C53H63FN10O7S. The van der Waals surface area contributed by atoms with Gasteiger partial charge in [0.2, 0.25) is 18.0 Å². The van der Waals surface area contributed by atoms with Crippen LogP contribution < -0.4 is 15.4 Å². The summed E-state index contributed by atoms with van der Waals surface area (Å²) in [5, 5.41) is 7.28. The zero-order valence-corrected chi connectivity index (χ0v) is 43.0. The fourth-order valence-corrected chi connectivity index (χ4v) is 12.1. The molecule has 3 aliphatic heterocycles. The van der Waals surface area contributed by atoms with Crippen LogP contribution in [0.1, 0.15) is 131 Å². The number of H-pyrrole nitrogens is 2. The van der Waals surface area contributed by atoms with E-state index in [0.717, 1.165) is 91.6 Å². The van der Waals surface area contributed by atoms with Crippen LogP contribution in [0.4, 0.5) is 14.0 Å². The highest BCUT2D eigenvalue weighted by molar-refractivity contribution is 7.11. The number of ether oxygens (including phenoxy) is 3. The molecule has 2 aromatic carbocycles. The lowest BCUT2D eigenvalue weighted by Gasteiger charge is -2.35. The quantitative estimate of drug-likeness (QED) is 0.0914. The first kappa shape index (κ1) is 48.8. The maximum atomic E-state index is 15.6. The van der Waals surface area contributed by atoms with E-state index in [4.69, 9.17) is 29.2 Å². The number of alkyl carbamates (subject to hydrolysis) is 2. The van der Waals surface area contributed by atoms with Crippen molar-refractivity contribution in [2.75, 3.05) is 20.8 Å². The van der Waals surface area contributed by atoms with Gasteiger partial charge in [-0.15, -0.1) is 11.3 Å². The number of rotatable bonds is 12. The summed E-state index contributed by atoms with van der Waals surface area (Å²) in [7, 11) is 2.47. The summed E-state index contributed by atoms with van der Waals surface area (Å²) < 4.78 is 34.6. The molecule has 19 heteroatoms. The Balaban J connectivity index is 0.979. The predicted octanol–water partition coefficient (Wildman–Crippen LogP) is 9.88. The van der Waals surface area contributed by atoms with Gasteiger partial charge in [-0.3, -0.25) is 14.2 Å². The number of hydrogen-bond acceptors (Lipinski definition) is 11. The van der Waals surface area contributed by atoms with E-state index in [0.29, 0.717) is 30.5 Å². The molecule has 4 amide bonds. The Morgan fingerprint density at radius 3 is 2.22 bits per heavy atom. The first-order chi connectivity index (χ1) is 34.4. The second-order valence-corrected chi connectivity index (χ2v) is 21.9. The van der Waals surface area contributed by atoms with Gasteiger partial charge in [-0.05, 0) is 108 Å². The molecule has 3 fully saturated rings. The number of alkyl halides is 1. The number of aryl methyl sites for hydroxylation is 1. The largest absolute Gasteiger partial charge is 0.464 e. The van der Waals surface area contributed by atoms with E-state index in [1.165, 1.54) is 34.5 Å². The van der Waals surface area contributed by atoms with Gasteiger partial charge in [0.05, 0.1) is 71.2 Å². The third-order valence-electron chi connectivity index (χ3n) is 15.3. The summed E-state index contributed by atoms with van der Waals surface area (Å²) in [5.74, 6) is 1.67. The number of aromatic nitrogens is 6. The van der Waals surface area contributed by atoms with Crippen LogP contribution in [-0.4, -0.2) is 108 Å². The molecule has 2 unspecified atom stereocenters. The van der Waals surface area contributed by atoms with Gasteiger partial charge in [0.15, 0.2) is 0 Å². The topological polar surface area (TPSA) is 202 Å². The minimum absolute atomic E-state index is 0.0814. The predicted molar refractivity (Wildman–Crippen MR) is 270 cm³/mol. The highest BCUT2D eigenvalue weighted by Crippen LogP contribution is 2.50. The third-order valence-corrected chi connectivity index (χ3v) is 16.5. The number of aromatic amines is 2. The molecule has 1 aliphatic carbocycles. The average molecular weight is 1000 g/mol. The number of likely N-dealkylation sites (tertiary alicyclic amines) is 2. The highest BCUT2D eigenvalue weighted by Gasteiger charge is 2.48. The van der Waals surface area contributed by atoms with Crippen molar-refractivity contribution < 1.29 is 37.8 Å². The fourth-order valence-electron chi connectivity index (χ4n) is 11.0. The molecule has 4 N–H and O–H groups in total. The van der Waals surface area contributed by atoms with Crippen LogP contribution in [0.2, 0.25) is 0 Å². The number of benzene rings is 2. The van der Waals surface area contributed by atoms with E-state index in [1.807, 2.05) is 38.1 Å². The van der Waals surface area contributed by atoms with Gasteiger partial charge in [-0.2, -0.15) is 0 Å². The van der Waals surface area contributed by atoms with Gasteiger partial charge in [0.1, 0.15) is 35.2 Å². The Morgan fingerprint density at radius 1 is 0.861 bits per heavy atom. The van der Waals surface area contributed by atoms with Crippen LogP contribution in [0.5, 0.6) is 5.75 Å².